The SMILES string of the molecule is Cc1cccc(Oc2ccc(NC(=O)[C@@H](C)N3C(=O)c4ccccc4C3=O)cc2)c1. The van der Waals surface area contributed by atoms with Crippen LogP contribution in [0.1, 0.15) is 33.2 Å². The number of carbonyl (C=O) groups excluding carboxylic acids is 3. The molecule has 1 N–H and O–H groups in total. The molecule has 0 fully saturated rings. The zero-order valence-electron chi connectivity index (χ0n) is 16.6. The molecule has 6 heteroatoms. The van der Waals surface area contributed by atoms with Crippen molar-refractivity contribution in [2.24, 2.45) is 0 Å². The Morgan fingerprint density at radius 2 is 1.50 bits per heavy atom. The molecular weight excluding hydrogens is 380 g/mol. The molecule has 1 aliphatic rings. The maximum atomic E-state index is 12.7. The van der Waals surface area contributed by atoms with Crippen LogP contribution in [0.25, 0.3) is 0 Å². The van der Waals surface area contributed by atoms with Crippen molar-refractivity contribution in [2.75, 3.05) is 5.32 Å². The van der Waals surface area contributed by atoms with Crippen LogP contribution in [0, 0.1) is 6.92 Å². The first kappa shape index (κ1) is 19.4. The largest absolute Gasteiger partial charge is 0.457 e. The maximum Gasteiger partial charge on any atom is 0.262 e. The van der Waals surface area contributed by atoms with Crippen molar-refractivity contribution in [3.8, 4) is 11.5 Å². The number of aryl methyl sites for hydroxylation is 1. The molecule has 0 saturated heterocycles. The van der Waals surface area contributed by atoms with Crippen LogP contribution in [0.2, 0.25) is 0 Å². The van der Waals surface area contributed by atoms with Crippen molar-refractivity contribution in [2.45, 2.75) is 19.9 Å². The topological polar surface area (TPSA) is 75.7 Å². The van der Waals surface area contributed by atoms with E-state index in [9.17, 15) is 14.4 Å². The van der Waals surface area contributed by atoms with E-state index in [1.54, 1.807) is 48.5 Å². The number of imide groups is 1. The summed E-state index contributed by atoms with van der Waals surface area (Å²) in [4.78, 5) is 38.8. The third-order valence-corrected chi connectivity index (χ3v) is 4.94. The second kappa shape index (κ2) is 7.83. The summed E-state index contributed by atoms with van der Waals surface area (Å²) >= 11 is 0. The molecule has 4 rings (SSSR count). The Bertz CT molecular complexity index is 1100. The van der Waals surface area contributed by atoms with Crippen LogP contribution in [-0.2, 0) is 4.79 Å². The highest BCUT2D eigenvalue weighted by atomic mass is 16.5. The monoisotopic (exact) mass is 400 g/mol. The summed E-state index contributed by atoms with van der Waals surface area (Å²) in [5.41, 5.74) is 2.28. The van der Waals surface area contributed by atoms with Crippen molar-refractivity contribution in [3.63, 3.8) is 0 Å². The lowest BCUT2D eigenvalue weighted by Gasteiger charge is -2.21. The average molecular weight is 400 g/mol. The van der Waals surface area contributed by atoms with Crippen LogP contribution in [0.3, 0.4) is 0 Å². The van der Waals surface area contributed by atoms with Crippen molar-refractivity contribution < 1.29 is 19.1 Å². The van der Waals surface area contributed by atoms with Crippen LogP contribution in [0.5, 0.6) is 11.5 Å². The lowest BCUT2D eigenvalue weighted by molar-refractivity contribution is -0.119. The van der Waals surface area contributed by atoms with Gasteiger partial charge in [-0.05, 0) is 67.9 Å². The van der Waals surface area contributed by atoms with Crippen LogP contribution >= 0.6 is 0 Å². The summed E-state index contributed by atoms with van der Waals surface area (Å²) in [5.74, 6) is -0.00445. The van der Waals surface area contributed by atoms with Gasteiger partial charge in [0.2, 0.25) is 5.91 Å². The van der Waals surface area contributed by atoms with Crippen LogP contribution in [0.4, 0.5) is 5.69 Å². The highest BCUT2D eigenvalue weighted by molar-refractivity contribution is 6.23. The van der Waals surface area contributed by atoms with Crippen molar-refractivity contribution in [1.82, 2.24) is 4.90 Å². The molecule has 3 aromatic carbocycles. The van der Waals surface area contributed by atoms with E-state index in [-0.39, 0.29) is 0 Å². The van der Waals surface area contributed by atoms with Gasteiger partial charge in [-0.2, -0.15) is 0 Å². The molecule has 30 heavy (non-hydrogen) atoms. The normalized spacial score (nSPS) is 13.7. The zero-order valence-corrected chi connectivity index (χ0v) is 16.6. The fourth-order valence-corrected chi connectivity index (χ4v) is 3.34. The fraction of sp³-hybridized carbons (Fsp3) is 0.125. The van der Waals surface area contributed by atoms with E-state index >= 15 is 0 Å². The number of anilines is 1. The number of benzene rings is 3. The summed E-state index contributed by atoms with van der Waals surface area (Å²) in [6, 6.07) is 20.2. The molecule has 6 nitrogen and oxygen atoms in total. The Labute approximate surface area is 174 Å². The van der Waals surface area contributed by atoms with Gasteiger partial charge in [0.15, 0.2) is 0 Å². The molecule has 0 unspecified atom stereocenters. The van der Waals surface area contributed by atoms with E-state index in [1.165, 1.54) is 6.92 Å². The van der Waals surface area contributed by atoms with E-state index in [0.717, 1.165) is 16.2 Å². The molecular formula is C24H20N2O4. The summed E-state index contributed by atoms with van der Waals surface area (Å²) < 4.78 is 5.80. The molecule has 1 atom stereocenters. The van der Waals surface area contributed by atoms with Gasteiger partial charge < -0.3 is 10.1 Å². The second-order valence-corrected chi connectivity index (χ2v) is 7.13. The van der Waals surface area contributed by atoms with E-state index in [4.69, 9.17) is 4.74 Å². The number of carbonyl (C=O) groups is 3. The number of nitrogens with one attached hydrogen (secondary N) is 1. The Balaban J connectivity index is 1.43. The highest BCUT2D eigenvalue weighted by Crippen LogP contribution is 2.26. The third kappa shape index (κ3) is 3.67. The van der Waals surface area contributed by atoms with Crippen molar-refractivity contribution in [3.05, 3.63) is 89.5 Å². The van der Waals surface area contributed by atoms with Gasteiger partial charge in [-0.25, -0.2) is 0 Å². The van der Waals surface area contributed by atoms with Gasteiger partial charge >= 0.3 is 0 Å². The molecule has 0 bridgehead atoms. The number of rotatable bonds is 5. The Morgan fingerprint density at radius 1 is 0.867 bits per heavy atom. The molecule has 3 aromatic rings. The van der Waals surface area contributed by atoms with Gasteiger partial charge in [0.1, 0.15) is 17.5 Å². The minimum atomic E-state index is -0.944. The molecule has 0 spiro atoms. The first-order valence-electron chi connectivity index (χ1n) is 9.56. The standard InChI is InChI=1S/C24H20N2O4/c1-15-6-5-7-19(14-15)30-18-12-10-17(11-13-18)25-22(27)16(2)26-23(28)20-8-3-4-9-21(20)24(26)29/h3-14,16H,1-2H3,(H,25,27)/t16-/m1/s1. The number of amides is 3. The predicted octanol–water partition coefficient (Wildman–Crippen LogP) is 4.41. The molecule has 1 heterocycles. The van der Waals surface area contributed by atoms with Gasteiger partial charge in [-0.1, -0.05) is 24.3 Å². The quantitative estimate of drug-likeness (QED) is 0.644. The molecule has 0 radical (unpaired) electrons. The molecule has 150 valence electrons. The Kier molecular flexibility index (Phi) is 5.06. The number of ether oxygens (including phenoxy) is 1. The average Bonchev–Trinajstić information content (AvgIpc) is 2.99. The Morgan fingerprint density at radius 3 is 2.10 bits per heavy atom. The predicted molar refractivity (Wildman–Crippen MR) is 113 cm³/mol. The van der Waals surface area contributed by atoms with E-state index in [2.05, 4.69) is 5.32 Å². The fourth-order valence-electron chi connectivity index (χ4n) is 3.34. The van der Waals surface area contributed by atoms with Crippen LogP contribution in [0.15, 0.2) is 72.8 Å². The van der Waals surface area contributed by atoms with Crippen molar-refractivity contribution in [1.29, 1.82) is 0 Å². The Hall–Kier alpha value is -3.93. The van der Waals surface area contributed by atoms with Gasteiger partial charge in [-0.3, -0.25) is 19.3 Å². The van der Waals surface area contributed by atoms with E-state index in [1.807, 2.05) is 31.2 Å². The minimum absolute atomic E-state index is 0.319. The molecule has 0 saturated carbocycles. The molecule has 0 aliphatic carbocycles. The highest BCUT2D eigenvalue weighted by Gasteiger charge is 2.40. The van der Waals surface area contributed by atoms with Gasteiger partial charge in [-0.15, -0.1) is 0 Å². The first-order chi connectivity index (χ1) is 14.4. The lowest BCUT2D eigenvalue weighted by Crippen LogP contribution is -2.45. The molecule has 3 amide bonds. The molecule has 0 aromatic heterocycles. The molecule has 1 aliphatic heterocycles. The third-order valence-electron chi connectivity index (χ3n) is 4.94. The van der Waals surface area contributed by atoms with Gasteiger partial charge in [0.05, 0.1) is 11.1 Å². The van der Waals surface area contributed by atoms with Crippen molar-refractivity contribution >= 4 is 23.4 Å². The van der Waals surface area contributed by atoms with E-state index in [0.29, 0.717) is 22.6 Å². The van der Waals surface area contributed by atoms with Crippen LogP contribution in [-0.4, -0.2) is 28.7 Å². The number of fused-ring (bicyclic) bond motifs is 1. The number of hydrogen-bond donors (Lipinski definition) is 1. The maximum absolute atomic E-state index is 12.7. The lowest BCUT2D eigenvalue weighted by atomic mass is 10.1. The van der Waals surface area contributed by atoms with Gasteiger partial charge in [0.25, 0.3) is 11.8 Å². The number of nitrogens with zero attached hydrogens (tertiary/aromatic N) is 1. The van der Waals surface area contributed by atoms with Crippen LogP contribution < -0.4 is 10.1 Å². The number of hydrogen-bond acceptors (Lipinski definition) is 4. The summed E-state index contributed by atoms with van der Waals surface area (Å²) in [6.45, 7) is 3.52. The second-order valence-electron chi connectivity index (χ2n) is 7.13. The summed E-state index contributed by atoms with van der Waals surface area (Å²) in [6.07, 6.45) is 0. The first-order valence-corrected chi connectivity index (χ1v) is 9.56. The van der Waals surface area contributed by atoms with Gasteiger partial charge in [0, 0.05) is 5.69 Å². The minimum Gasteiger partial charge on any atom is -0.457 e. The summed E-state index contributed by atoms with van der Waals surface area (Å²) in [7, 11) is 0. The summed E-state index contributed by atoms with van der Waals surface area (Å²) in [5, 5.41) is 2.75. The van der Waals surface area contributed by atoms with E-state index < -0.39 is 23.8 Å². The smallest absolute Gasteiger partial charge is 0.262 e. The zero-order chi connectivity index (χ0) is 21.3.